The van der Waals surface area contributed by atoms with Crippen molar-refractivity contribution in [2.45, 2.75) is 20.8 Å². The zero-order valence-electron chi connectivity index (χ0n) is 22.0. The second-order valence-corrected chi connectivity index (χ2v) is 8.19. The van der Waals surface area contributed by atoms with Crippen molar-refractivity contribution in [3.05, 3.63) is 77.4 Å². The molecule has 3 aromatic carbocycles. The van der Waals surface area contributed by atoms with E-state index in [4.69, 9.17) is 18.9 Å². The van der Waals surface area contributed by atoms with E-state index in [0.29, 0.717) is 41.4 Å². The monoisotopic (exact) mass is 515 g/mol. The Kier molecular flexibility index (Phi) is 8.06. The van der Waals surface area contributed by atoms with Gasteiger partial charge in [0.05, 0.1) is 49.7 Å². The third kappa shape index (κ3) is 5.08. The average molecular weight is 516 g/mol. The third-order valence-electron chi connectivity index (χ3n) is 5.90. The summed E-state index contributed by atoms with van der Waals surface area (Å²) in [5.41, 5.74) is 5.66. The van der Waals surface area contributed by atoms with E-state index >= 15 is 0 Å². The Morgan fingerprint density at radius 2 is 1.63 bits per heavy atom. The van der Waals surface area contributed by atoms with Crippen LogP contribution in [0.25, 0.3) is 27.8 Å². The lowest BCUT2D eigenvalue weighted by Crippen LogP contribution is -2.11. The molecule has 0 saturated heterocycles. The van der Waals surface area contributed by atoms with Crippen molar-refractivity contribution >= 4 is 29.0 Å². The quantitative estimate of drug-likeness (QED) is 0.176. The van der Waals surface area contributed by atoms with Gasteiger partial charge < -0.3 is 18.9 Å². The zero-order chi connectivity index (χ0) is 27.2. The lowest BCUT2D eigenvalue weighted by Gasteiger charge is -2.14. The van der Waals surface area contributed by atoms with Gasteiger partial charge in [-0.25, -0.2) is 9.59 Å². The van der Waals surface area contributed by atoms with Crippen LogP contribution in [0.15, 0.2) is 65.7 Å². The largest absolute Gasteiger partial charge is 0.477 e. The first kappa shape index (κ1) is 26.4. The maximum atomic E-state index is 12.6. The van der Waals surface area contributed by atoms with Crippen molar-refractivity contribution in [1.29, 1.82) is 0 Å². The molecule has 0 spiro atoms. The number of aromatic nitrogens is 2. The number of methoxy groups -OCH3 is 2. The van der Waals surface area contributed by atoms with Crippen molar-refractivity contribution in [3.63, 3.8) is 0 Å². The lowest BCUT2D eigenvalue weighted by atomic mass is 9.99. The maximum absolute atomic E-state index is 12.6. The van der Waals surface area contributed by atoms with Gasteiger partial charge in [-0.1, -0.05) is 36.4 Å². The zero-order valence-corrected chi connectivity index (χ0v) is 22.0. The van der Waals surface area contributed by atoms with Crippen LogP contribution in [-0.4, -0.2) is 54.9 Å². The van der Waals surface area contributed by atoms with Gasteiger partial charge in [0.15, 0.2) is 0 Å². The number of hydrogen-bond acceptors (Lipinski definition) is 7. The molecule has 1 heterocycles. The SMILES string of the molecule is CCOC(=NC(=O)OC)c1ccccc1-c1ccc(-n2c(OCC)nc3c(C)ccc(C(=O)OC)c32)cc1. The number of benzene rings is 3. The van der Waals surface area contributed by atoms with Gasteiger partial charge in [0.1, 0.15) is 0 Å². The predicted octanol–water partition coefficient (Wildman–Crippen LogP) is 5.74. The molecule has 0 bridgehead atoms. The molecule has 0 saturated carbocycles. The number of hydrogen-bond donors (Lipinski definition) is 0. The number of nitrogens with zero attached hydrogens (tertiary/aromatic N) is 3. The summed E-state index contributed by atoms with van der Waals surface area (Å²) < 4.78 is 23.1. The van der Waals surface area contributed by atoms with Crippen molar-refractivity contribution in [2.75, 3.05) is 27.4 Å². The third-order valence-corrected chi connectivity index (χ3v) is 5.90. The van der Waals surface area contributed by atoms with Crippen LogP contribution in [0.4, 0.5) is 4.79 Å². The average Bonchev–Trinajstić information content (AvgIpc) is 3.32. The standard InChI is InChI=1S/C29H29N3O6/c1-6-37-26(31-29(34)36-5)22-11-9-8-10-21(22)19-13-15-20(16-14-19)32-25-23(27(33)35-4)17-12-18(3)24(25)30-28(32)38-7-2/h8-17H,6-7H2,1-5H3. The first-order valence-electron chi connectivity index (χ1n) is 12.2. The number of esters is 1. The number of aryl methyl sites for hydroxylation is 1. The van der Waals surface area contributed by atoms with Gasteiger partial charge in [0.25, 0.3) is 0 Å². The van der Waals surface area contributed by atoms with Crippen LogP contribution < -0.4 is 4.74 Å². The second kappa shape index (κ2) is 11.6. The van der Waals surface area contributed by atoms with E-state index in [1.165, 1.54) is 14.2 Å². The summed E-state index contributed by atoms with van der Waals surface area (Å²) in [6.45, 7) is 6.37. The van der Waals surface area contributed by atoms with E-state index in [2.05, 4.69) is 9.98 Å². The number of fused-ring (bicyclic) bond motifs is 1. The number of carbonyl (C=O) groups is 2. The summed E-state index contributed by atoms with van der Waals surface area (Å²) in [4.78, 5) is 33.1. The Morgan fingerprint density at radius 1 is 0.895 bits per heavy atom. The molecule has 4 rings (SSSR count). The maximum Gasteiger partial charge on any atom is 0.436 e. The van der Waals surface area contributed by atoms with Gasteiger partial charge in [0, 0.05) is 5.56 Å². The lowest BCUT2D eigenvalue weighted by molar-refractivity contribution is 0.0602. The first-order valence-corrected chi connectivity index (χ1v) is 12.2. The minimum Gasteiger partial charge on any atom is -0.477 e. The van der Waals surface area contributed by atoms with Gasteiger partial charge >= 0.3 is 18.1 Å². The van der Waals surface area contributed by atoms with Crippen molar-refractivity contribution in [3.8, 4) is 22.8 Å². The number of rotatable bonds is 7. The minimum atomic E-state index is -0.745. The topological polar surface area (TPSA) is 101 Å². The molecule has 0 aliphatic rings. The fourth-order valence-electron chi connectivity index (χ4n) is 4.18. The van der Waals surface area contributed by atoms with Crippen LogP contribution in [0, 0.1) is 6.92 Å². The summed E-state index contributed by atoms with van der Waals surface area (Å²) in [5.74, 6) is -0.283. The molecule has 0 aliphatic heterocycles. The Morgan fingerprint density at radius 3 is 2.29 bits per heavy atom. The highest BCUT2D eigenvalue weighted by Crippen LogP contribution is 2.33. The summed E-state index contributed by atoms with van der Waals surface area (Å²) in [6.07, 6.45) is -0.745. The molecule has 4 aromatic rings. The van der Waals surface area contributed by atoms with E-state index in [1.807, 2.05) is 79.9 Å². The molecule has 0 atom stereocenters. The molecule has 9 heteroatoms. The van der Waals surface area contributed by atoms with E-state index < -0.39 is 12.1 Å². The number of ether oxygens (including phenoxy) is 4. The molecule has 9 nitrogen and oxygen atoms in total. The molecule has 0 fully saturated rings. The van der Waals surface area contributed by atoms with Gasteiger partial charge in [-0.05, 0) is 61.7 Å². The summed E-state index contributed by atoms with van der Waals surface area (Å²) in [7, 11) is 2.62. The highest BCUT2D eigenvalue weighted by atomic mass is 16.5. The number of carbonyl (C=O) groups excluding carboxylic acids is 2. The number of aliphatic imine (C=N–C) groups is 1. The Balaban J connectivity index is 1.86. The van der Waals surface area contributed by atoms with E-state index in [9.17, 15) is 9.59 Å². The molecule has 38 heavy (non-hydrogen) atoms. The van der Waals surface area contributed by atoms with Crippen LogP contribution in [0.5, 0.6) is 6.01 Å². The Hall–Kier alpha value is -4.66. The Bertz CT molecular complexity index is 1510. The molecule has 0 radical (unpaired) electrons. The van der Waals surface area contributed by atoms with Crippen molar-refractivity contribution < 1.29 is 28.5 Å². The van der Waals surface area contributed by atoms with E-state index in [1.54, 1.807) is 6.07 Å². The molecule has 1 amide bonds. The smallest absolute Gasteiger partial charge is 0.436 e. The van der Waals surface area contributed by atoms with Gasteiger partial charge in [-0.3, -0.25) is 4.57 Å². The number of imidazole rings is 1. The molecular weight excluding hydrogens is 486 g/mol. The van der Waals surface area contributed by atoms with Crippen LogP contribution in [-0.2, 0) is 14.2 Å². The van der Waals surface area contributed by atoms with Crippen LogP contribution in [0.2, 0.25) is 0 Å². The fraction of sp³-hybridized carbons (Fsp3) is 0.241. The summed E-state index contributed by atoms with van der Waals surface area (Å²) in [5, 5.41) is 0. The van der Waals surface area contributed by atoms with Crippen LogP contribution in [0.1, 0.15) is 35.3 Å². The van der Waals surface area contributed by atoms with Gasteiger partial charge in [-0.15, -0.1) is 4.99 Å². The molecule has 0 unspecified atom stereocenters. The second-order valence-electron chi connectivity index (χ2n) is 8.19. The minimum absolute atomic E-state index is 0.177. The molecule has 0 aliphatic carbocycles. The van der Waals surface area contributed by atoms with Gasteiger partial charge in [-0.2, -0.15) is 4.98 Å². The molecular formula is C29H29N3O6. The molecule has 196 valence electrons. The molecule has 1 aromatic heterocycles. The summed E-state index contributed by atoms with van der Waals surface area (Å²) >= 11 is 0. The van der Waals surface area contributed by atoms with Crippen molar-refractivity contribution in [1.82, 2.24) is 9.55 Å². The highest BCUT2D eigenvalue weighted by Gasteiger charge is 2.22. The van der Waals surface area contributed by atoms with Crippen LogP contribution >= 0.6 is 0 Å². The van der Waals surface area contributed by atoms with Crippen molar-refractivity contribution in [2.24, 2.45) is 4.99 Å². The first-order chi connectivity index (χ1) is 18.4. The fourth-order valence-corrected chi connectivity index (χ4v) is 4.18. The number of amides is 1. The van der Waals surface area contributed by atoms with Crippen LogP contribution in [0.3, 0.4) is 0 Å². The molecule has 0 N–H and O–H groups in total. The predicted molar refractivity (Wildman–Crippen MR) is 144 cm³/mol. The van der Waals surface area contributed by atoms with Gasteiger partial charge in [0.2, 0.25) is 5.90 Å². The Labute approximate surface area is 220 Å². The highest BCUT2D eigenvalue weighted by molar-refractivity contribution is 6.05. The summed E-state index contributed by atoms with van der Waals surface area (Å²) in [6, 6.07) is 19.2. The van der Waals surface area contributed by atoms with E-state index in [0.717, 1.165) is 22.4 Å². The van der Waals surface area contributed by atoms with E-state index in [-0.39, 0.29) is 5.90 Å². The normalized spacial score (nSPS) is 11.3.